The van der Waals surface area contributed by atoms with Crippen LogP contribution in [-0.4, -0.2) is 6.61 Å². The molecule has 0 aliphatic rings. The van der Waals surface area contributed by atoms with Crippen molar-refractivity contribution in [3.63, 3.8) is 0 Å². The lowest BCUT2D eigenvalue weighted by Gasteiger charge is -2.12. The van der Waals surface area contributed by atoms with E-state index in [1.807, 2.05) is 6.07 Å². The lowest BCUT2D eigenvalue weighted by Crippen LogP contribution is -2.02. The molecule has 0 aromatic heterocycles. The van der Waals surface area contributed by atoms with Crippen LogP contribution in [0.2, 0.25) is 0 Å². The maximum Gasteiger partial charge on any atom is 0.165 e. The molecule has 5 heteroatoms. The molecule has 2 aromatic carbocycles. The zero-order chi connectivity index (χ0) is 15.2. The molecule has 2 aromatic rings. The van der Waals surface area contributed by atoms with E-state index in [0.29, 0.717) is 23.7 Å². The first-order valence-electron chi connectivity index (χ1n) is 6.38. The molecule has 0 aliphatic carbocycles. The van der Waals surface area contributed by atoms with Gasteiger partial charge in [0.25, 0.3) is 0 Å². The summed E-state index contributed by atoms with van der Waals surface area (Å²) < 4.78 is 37.5. The lowest BCUT2D eigenvalue weighted by atomic mass is 10.2. The monoisotopic (exact) mass is 289 g/mol. The predicted molar refractivity (Wildman–Crippen MR) is 73.0 cm³/mol. The Morgan fingerprint density at radius 1 is 1.10 bits per heavy atom. The molecule has 0 saturated heterocycles. The van der Waals surface area contributed by atoms with Gasteiger partial charge in [-0.1, -0.05) is 12.1 Å². The largest absolute Gasteiger partial charge is 0.490 e. The van der Waals surface area contributed by atoms with Gasteiger partial charge in [0.05, 0.1) is 18.2 Å². The molecule has 0 unspecified atom stereocenters. The first-order valence-corrected chi connectivity index (χ1v) is 6.38. The summed E-state index contributed by atoms with van der Waals surface area (Å²) in [5.41, 5.74) is 0.546. The average Bonchev–Trinajstić information content (AvgIpc) is 2.50. The zero-order valence-electron chi connectivity index (χ0n) is 11.4. The second-order valence-corrected chi connectivity index (χ2v) is 4.21. The van der Waals surface area contributed by atoms with Gasteiger partial charge in [-0.15, -0.1) is 0 Å². The van der Waals surface area contributed by atoms with Crippen LogP contribution >= 0.6 is 0 Å². The summed E-state index contributed by atoms with van der Waals surface area (Å²) >= 11 is 0. The van der Waals surface area contributed by atoms with E-state index in [0.717, 1.165) is 6.07 Å². The van der Waals surface area contributed by atoms with E-state index in [1.54, 1.807) is 25.1 Å². The number of rotatable bonds is 5. The highest BCUT2D eigenvalue weighted by Gasteiger charge is 2.11. The number of ether oxygens (including phenoxy) is 2. The van der Waals surface area contributed by atoms with Gasteiger partial charge in [-0.3, -0.25) is 0 Å². The van der Waals surface area contributed by atoms with Gasteiger partial charge >= 0.3 is 0 Å². The van der Waals surface area contributed by atoms with Crippen LogP contribution in [0.25, 0.3) is 0 Å². The van der Waals surface area contributed by atoms with Crippen LogP contribution in [0.4, 0.5) is 8.78 Å². The SMILES string of the molecule is CCOc1cc(C#N)ccc1OCc1cccc(F)c1F. The minimum absolute atomic E-state index is 0.113. The quantitative estimate of drug-likeness (QED) is 0.840. The van der Waals surface area contributed by atoms with Crippen LogP contribution in [0.1, 0.15) is 18.1 Å². The van der Waals surface area contributed by atoms with Crippen LogP contribution in [0, 0.1) is 23.0 Å². The molecule has 0 radical (unpaired) electrons. The molecular formula is C16H13F2NO2. The minimum atomic E-state index is -0.927. The Hall–Kier alpha value is -2.61. The Balaban J connectivity index is 2.19. The van der Waals surface area contributed by atoms with E-state index in [9.17, 15) is 8.78 Å². The van der Waals surface area contributed by atoms with Crippen molar-refractivity contribution in [2.75, 3.05) is 6.61 Å². The second-order valence-electron chi connectivity index (χ2n) is 4.21. The Bertz CT molecular complexity index is 680. The molecule has 0 fully saturated rings. The fourth-order valence-corrected chi connectivity index (χ4v) is 1.78. The minimum Gasteiger partial charge on any atom is -0.490 e. The lowest BCUT2D eigenvalue weighted by molar-refractivity contribution is 0.264. The normalized spacial score (nSPS) is 10.0. The Labute approximate surface area is 121 Å². The third-order valence-electron chi connectivity index (χ3n) is 2.79. The standard InChI is InChI=1S/C16H13F2NO2/c1-2-20-15-8-11(9-19)6-7-14(15)21-10-12-4-3-5-13(17)16(12)18/h3-8H,2,10H2,1H3. The van der Waals surface area contributed by atoms with Crippen molar-refractivity contribution < 1.29 is 18.3 Å². The molecule has 0 bridgehead atoms. The van der Waals surface area contributed by atoms with Gasteiger partial charge in [-0.05, 0) is 25.1 Å². The smallest absolute Gasteiger partial charge is 0.165 e. The van der Waals surface area contributed by atoms with Gasteiger partial charge in [0.15, 0.2) is 23.1 Å². The molecule has 0 spiro atoms. The molecule has 3 nitrogen and oxygen atoms in total. The van der Waals surface area contributed by atoms with E-state index in [4.69, 9.17) is 14.7 Å². The van der Waals surface area contributed by atoms with E-state index >= 15 is 0 Å². The molecular weight excluding hydrogens is 276 g/mol. The average molecular weight is 289 g/mol. The number of hydrogen-bond donors (Lipinski definition) is 0. The number of nitriles is 1. The van der Waals surface area contributed by atoms with Crippen molar-refractivity contribution in [2.24, 2.45) is 0 Å². The van der Waals surface area contributed by atoms with Crippen molar-refractivity contribution >= 4 is 0 Å². The summed E-state index contributed by atoms with van der Waals surface area (Å²) in [6.07, 6.45) is 0. The predicted octanol–water partition coefficient (Wildman–Crippen LogP) is 3.81. The summed E-state index contributed by atoms with van der Waals surface area (Å²) in [7, 11) is 0. The summed E-state index contributed by atoms with van der Waals surface area (Å²) in [5.74, 6) is -1.07. The summed E-state index contributed by atoms with van der Waals surface area (Å²) in [6.45, 7) is 2.07. The van der Waals surface area contributed by atoms with Crippen LogP contribution in [-0.2, 0) is 6.61 Å². The van der Waals surface area contributed by atoms with Gasteiger partial charge in [0.2, 0.25) is 0 Å². The Morgan fingerprint density at radius 3 is 2.62 bits per heavy atom. The highest BCUT2D eigenvalue weighted by Crippen LogP contribution is 2.29. The molecule has 0 N–H and O–H groups in total. The van der Waals surface area contributed by atoms with Crippen LogP contribution in [0.15, 0.2) is 36.4 Å². The van der Waals surface area contributed by atoms with E-state index in [1.165, 1.54) is 12.1 Å². The van der Waals surface area contributed by atoms with E-state index < -0.39 is 11.6 Å². The van der Waals surface area contributed by atoms with Crippen LogP contribution in [0.3, 0.4) is 0 Å². The van der Waals surface area contributed by atoms with Crippen LogP contribution < -0.4 is 9.47 Å². The molecule has 0 atom stereocenters. The summed E-state index contributed by atoms with van der Waals surface area (Å²) in [6, 6.07) is 10.6. The summed E-state index contributed by atoms with van der Waals surface area (Å²) in [5, 5.41) is 8.86. The van der Waals surface area contributed by atoms with Gasteiger partial charge < -0.3 is 9.47 Å². The van der Waals surface area contributed by atoms with Crippen molar-refractivity contribution in [1.82, 2.24) is 0 Å². The topological polar surface area (TPSA) is 42.2 Å². The molecule has 21 heavy (non-hydrogen) atoms. The maximum atomic E-state index is 13.5. The van der Waals surface area contributed by atoms with Crippen LogP contribution in [0.5, 0.6) is 11.5 Å². The highest BCUT2D eigenvalue weighted by atomic mass is 19.2. The van der Waals surface area contributed by atoms with E-state index in [2.05, 4.69) is 0 Å². The third kappa shape index (κ3) is 3.48. The van der Waals surface area contributed by atoms with Gasteiger partial charge in [0, 0.05) is 11.6 Å². The molecule has 0 aliphatic heterocycles. The van der Waals surface area contributed by atoms with Crippen molar-refractivity contribution in [1.29, 1.82) is 5.26 Å². The number of nitrogens with zero attached hydrogens (tertiary/aromatic N) is 1. The van der Waals surface area contributed by atoms with Gasteiger partial charge in [0.1, 0.15) is 6.61 Å². The molecule has 108 valence electrons. The fraction of sp³-hybridized carbons (Fsp3) is 0.188. The van der Waals surface area contributed by atoms with Crippen molar-refractivity contribution in [2.45, 2.75) is 13.5 Å². The molecule has 0 amide bonds. The third-order valence-corrected chi connectivity index (χ3v) is 2.79. The van der Waals surface area contributed by atoms with Gasteiger partial charge in [-0.2, -0.15) is 5.26 Å². The molecule has 0 saturated carbocycles. The summed E-state index contributed by atoms with van der Waals surface area (Å²) in [4.78, 5) is 0. The number of halogens is 2. The molecule has 2 rings (SSSR count). The van der Waals surface area contributed by atoms with Gasteiger partial charge in [-0.25, -0.2) is 8.78 Å². The maximum absolute atomic E-state index is 13.5. The Morgan fingerprint density at radius 2 is 1.90 bits per heavy atom. The number of hydrogen-bond acceptors (Lipinski definition) is 3. The molecule has 0 heterocycles. The zero-order valence-corrected chi connectivity index (χ0v) is 11.4. The number of benzene rings is 2. The first kappa shape index (κ1) is 14.8. The van der Waals surface area contributed by atoms with E-state index in [-0.39, 0.29) is 12.2 Å². The second kappa shape index (κ2) is 6.71. The van der Waals surface area contributed by atoms with Crippen molar-refractivity contribution in [3.8, 4) is 17.6 Å². The van der Waals surface area contributed by atoms with Crippen molar-refractivity contribution in [3.05, 3.63) is 59.2 Å². The Kier molecular flexibility index (Phi) is 4.72. The highest BCUT2D eigenvalue weighted by molar-refractivity contribution is 5.46. The fourth-order valence-electron chi connectivity index (χ4n) is 1.78. The first-order chi connectivity index (χ1) is 10.2.